The third-order valence-electron chi connectivity index (χ3n) is 4.01. The van der Waals surface area contributed by atoms with Gasteiger partial charge in [0.05, 0.1) is 10.1 Å². The molecule has 0 aliphatic carbocycles. The minimum absolute atomic E-state index is 0.0329. The van der Waals surface area contributed by atoms with Crippen LogP contribution in [-0.2, 0) is 9.84 Å². The number of rotatable bonds is 5. The molecule has 1 amide bonds. The standard InChI is InChI=1S/C19H19N3O4S/c1-12(2)27(24,25)16-10-8-14(9-11-16)17(23)20-19-22-21-18(26-19)15-6-4-13(3)5-7-15/h4-12H,1-3H3,(H,20,22,23). The van der Waals surface area contributed by atoms with Gasteiger partial charge in [-0.2, -0.15) is 0 Å². The van der Waals surface area contributed by atoms with Crippen molar-refractivity contribution in [2.75, 3.05) is 5.32 Å². The number of amides is 1. The molecular weight excluding hydrogens is 366 g/mol. The van der Waals surface area contributed by atoms with Crippen molar-refractivity contribution < 1.29 is 17.6 Å². The minimum Gasteiger partial charge on any atom is -0.403 e. The molecule has 7 nitrogen and oxygen atoms in total. The Morgan fingerprint density at radius 3 is 2.22 bits per heavy atom. The van der Waals surface area contributed by atoms with Crippen LogP contribution >= 0.6 is 0 Å². The summed E-state index contributed by atoms with van der Waals surface area (Å²) in [4.78, 5) is 12.5. The topological polar surface area (TPSA) is 102 Å². The monoisotopic (exact) mass is 385 g/mol. The summed E-state index contributed by atoms with van der Waals surface area (Å²) in [6.45, 7) is 5.19. The lowest BCUT2D eigenvalue weighted by Crippen LogP contribution is -2.15. The van der Waals surface area contributed by atoms with Crippen LogP contribution in [0.15, 0.2) is 57.8 Å². The highest BCUT2D eigenvalue weighted by atomic mass is 32.2. The van der Waals surface area contributed by atoms with Crippen LogP contribution in [0.25, 0.3) is 11.5 Å². The van der Waals surface area contributed by atoms with E-state index in [9.17, 15) is 13.2 Å². The number of aryl methyl sites for hydroxylation is 1. The Labute approximate surface area is 157 Å². The Morgan fingerprint density at radius 2 is 1.63 bits per heavy atom. The summed E-state index contributed by atoms with van der Waals surface area (Å²) in [5, 5.41) is 9.71. The van der Waals surface area contributed by atoms with E-state index in [0.29, 0.717) is 5.89 Å². The molecule has 0 atom stereocenters. The molecule has 0 saturated heterocycles. The number of hydrogen-bond acceptors (Lipinski definition) is 6. The van der Waals surface area contributed by atoms with Crippen molar-refractivity contribution in [3.8, 4) is 11.5 Å². The number of carbonyl (C=O) groups excluding carboxylic acids is 1. The Bertz CT molecular complexity index is 1050. The van der Waals surface area contributed by atoms with Crippen molar-refractivity contribution in [3.63, 3.8) is 0 Å². The average Bonchev–Trinajstić information content (AvgIpc) is 3.10. The van der Waals surface area contributed by atoms with E-state index in [1.807, 2.05) is 31.2 Å². The van der Waals surface area contributed by atoms with Crippen LogP contribution in [-0.4, -0.2) is 29.8 Å². The van der Waals surface area contributed by atoms with Crippen molar-refractivity contribution in [2.45, 2.75) is 30.9 Å². The van der Waals surface area contributed by atoms with Gasteiger partial charge in [-0.25, -0.2) is 8.42 Å². The second-order valence-corrected chi connectivity index (χ2v) is 8.85. The molecule has 0 fully saturated rings. The second kappa shape index (κ2) is 7.32. The molecule has 0 spiro atoms. The first-order valence-electron chi connectivity index (χ1n) is 8.33. The fourth-order valence-corrected chi connectivity index (χ4v) is 3.38. The second-order valence-electron chi connectivity index (χ2n) is 6.35. The Morgan fingerprint density at radius 1 is 1.00 bits per heavy atom. The molecule has 3 aromatic rings. The van der Waals surface area contributed by atoms with E-state index in [1.165, 1.54) is 24.3 Å². The lowest BCUT2D eigenvalue weighted by atomic mass is 10.1. The van der Waals surface area contributed by atoms with Gasteiger partial charge in [-0.3, -0.25) is 10.1 Å². The van der Waals surface area contributed by atoms with Gasteiger partial charge in [0.25, 0.3) is 5.91 Å². The molecule has 0 radical (unpaired) electrons. The van der Waals surface area contributed by atoms with Gasteiger partial charge >= 0.3 is 6.01 Å². The molecular formula is C19H19N3O4S. The van der Waals surface area contributed by atoms with Gasteiger partial charge in [0.2, 0.25) is 5.89 Å². The van der Waals surface area contributed by atoms with Gasteiger partial charge < -0.3 is 4.42 Å². The van der Waals surface area contributed by atoms with Crippen molar-refractivity contribution in [1.82, 2.24) is 10.2 Å². The summed E-state index contributed by atoms with van der Waals surface area (Å²) in [7, 11) is -3.38. The molecule has 8 heteroatoms. The number of carbonyl (C=O) groups is 1. The lowest BCUT2D eigenvalue weighted by molar-refractivity contribution is 0.102. The van der Waals surface area contributed by atoms with E-state index in [4.69, 9.17) is 4.42 Å². The van der Waals surface area contributed by atoms with Gasteiger partial charge in [0.15, 0.2) is 9.84 Å². The van der Waals surface area contributed by atoms with Crippen LogP contribution in [0.4, 0.5) is 6.01 Å². The van der Waals surface area contributed by atoms with Gasteiger partial charge in [-0.1, -0.05) is 22.8 Å². The summed E-state index contributed by atoms with van der Waals surface area (Å²) < 4.78 is 29.7. The van der Waals surface area contributed by atoms with Gasteiger partial charge in [-0.15, -0.1) is 5.10 Å². The highest BCUT2D eigenvalue weighted by Gasteiger charge is 2.20. The summed E-state index contributed by atoms with van der Waals surface area (Å²) in [6, 6.07) is 13.2. The van der Waals surface area contributed by atoms with E-state index in [0.717, 1.165) is 11.1 Å². The first-order chi connectivity index (χ1) is 12.8. The zero-order valence-electron chi connectivity index (χ0n) is 15.1. The lowest BCUT2D eigenvalue weighted by Gasteiger charge is -2.08. The van der Waals surface area contributed by atoms with Gasteiger partial charge in [0.1, 0.15) is 0 Å². The number of benzene rings is 2. The highest BCUT2D eigenvalue weighted by Crippen LogP contribution is 2.21. The third-order valence-corrected chi connectivity index (χ3v) is 6.18. The molecule has 0 aliphatic rings. The third kappa shape index (κ3) is 4.06. The minimum atomic E-state index is -3.38. The van der Waals surface area contributed by atoms with E-state index < -0.39 is 21.0 Å². The zero-order valence-corrected chi connectivity index (χ0v) is 15.9. The van der Waals surface area contributed by atoms with Crippen molar-refractivity contribution in [3.05, 3.63) is 59.7 Å². The Hall–Kier alpha value is -3.00. The van der Waals surface area contributed by atoms with Crippen LogP contribution < -0.4 is 5.32 Å². The summed E-state index contributed by atoms with van der Waals surface area (Å²) in [5.74, 6) is -0.175. The van der Waals surface area contributed by atoms with E-state index in [1.54, 1.807) is 13.8 Å². The number of hydrogen-bond donors (Lipinski definition) is 1. The SMILES string of the molecule is Cc1ccc(-c2nnc(NC(=O)c3ccc(S(=O)(=O)C(C)C)cc3)o2)cc1. The van der Waals surface area contributed by atoms with Gasteiger partial charge in [0, 0.05) is 11.1 Å². The number of nitrogens with one attached hydrogen (secondary N) is 1. The van der Waals surface area contributed by atoms with E-state index in [2.05, 4.69) is 15.5 Å². The molecule has 1 aromatic heterocycles. The average molecular weight is 385 g/mol. The molecule has 0 unspecified atom stereocenters. The molecule has 27 heavy (non-hydrogen) atoms. The smallest absolute Gasteiger partial charge is 0.322 e. The molecule has 1 N–H and O–H groups in total. The zero-order chi connectivity index (χ0) is 19.6. The number of anilines is 1. The molecule has 1 heterocycles. The highest BCUT2D eigenvalue weighted by molar-refractivity contribution is 7.92. The maximum absolute atomic E-state index is 12.3. The number of aromatic nitrogens is 2. The van der Waals surface area contributed by atoms with Crippen molar-refractivity contribution >= 4 is 21.8 Å². The number of nitrogens with zero attached hydrogens (tertiary/aromatic N) is 2. The van der Waals surface area contributed by atoms with Crippen LogP contribution in [0.3, 0.4) is 0 Å². The molecule has 0 bridgehead atoms. The van der Waals surface area contributed by atoms with Crippen LogP contribution in [0.2, 0.25) is 0 Å². The fourth-order valence-electron chi connectivity index (χ4n) is 2.32. The van der Waals surface area contributed by atoms with Crippen LogP contribution in [0.1, 0.15) is 29.8 Å². The van der Waals surface area contributed by atoms with E-state index in [-0.39, 0.29) is 16.5 Å². The van der Waals surface area contributed by atoms with Gasteiger partial charge in [-0.05, 0) is 57.2 Å². The number of sulfone groups is 1. The molecule has 0 saturated carbocycles. The normalized spacial score (nSPS) is 11.6. The molecule has 0 aliphatic heterocycles. The predicted molar refractivity (Wildman–Crippen MR) is 101 cm³/mol. The molecule has 3 rings (SSSR count). The Balaban J connectivity index is 1.73. The maximum Gasteiger partial charge on any atom is 0.322 e. The van der Waals surface area contributed by atoms with Crippen molar-refractivity contribution in [1.29, 1.82) is 0 Å². The predicted octanol–water partition coefficient (Wildman–Crippen LogP) is 3.48. The first-order valence-corrected chi connectivity index (χ1v) is 9.88. The summed E-state index contributed by atoms with van der Waals surface area (Å²) >= 11 is 0. The molecule has 2 aromatic carbocycles. The van der Waals surface area contributed by atoms with E-state index >= 15 is 0 Å². The van der Waals surface area contributed by atoms with Crippen LogP contribution in [0, 0.1) is 6.92 Å². The van der Waals surface area contributed by atoms with Crippen molar-refractivity contribution in [2.24, 2.45) is 0 Å². The summed E-state index contributed by atoms with van der Waals surface area (Å²) in [6.07, 6.45) is 0. The molecule has 140 valence electrons. The largest absolute Gasteiger partial charge is 0.403 e. The maximum atomic E-state index is 12.3. The first kappa shape index (κ1) is 18.8. The summed E-state index contributed by atoms with van der Waals surface area (Å²) in [5.41, 5.74) is 2.14. The Kier molecular flexibility index (Phi) is 5.09. The van der Waals surface area contributed by atoms with Crippen LogP contribution in [0.5, 0.6) is 0 Å². The quantitative estimate of drug-likeness (QED) is 0.721. The fraction of sp³-hybridized carbons (Fsp3) is 0.211.